The van der Waals surface area contributed by atoms with E-state index in [9.17, 15) is 4.79 Å². The highest BCUT2D eigenvalue weighted by Gasteiger charge is 2.24. The topological polar surface area (TPSA) is 55.6 Å². The first-order chi connectivity index (χ1) is 8.20. The Balaban J connectivity index is 2.11. The van der Waals surface area contributed by atoms with E-state index in [2.05, 4.69) is 0 Å². The number of morpholine rings is 1. The van der Waals surface area contributed by atoms with Gasteiger partial charge in [-0.3, -0.25) is 4.79 Å². The molecule has 1 fully saturated rings. The lowest BCUT2D eigenvalue weighted by atomic mass is 10.0. The number of carbonyl (C=O) groups is 1. The zero-order chi connectivity index (χ0) is 12.3. The van der Waals surface area contributed by atoms with E-state index < -0.39 is 6.04 Å². The van der Waals surface area contributed by atoms with E-state index >= 15 is 0 Å². The molecule has 1 aliphatic heterocycles. The van der Waals surface area contributed by atoms with Gasteiger partial charge in [-0.25, -0.2) is 0 Å². The van der Waals surface area contributed by atoms with Gasteiger partial charge in [-0.1, -0.05) is 24.3 Å². The summed E-state index contributed by atoms with van der Waals surface area (Å²) in [7, 11) is 0. The lowest BCUT2D eigenvalue weighted by molar-refractivity contribution is -0.136. The highest BCUT2D eigenvalue weighted by atomic mass is 16.5. The summed E-state index contributed by atoms with van der Waals surface area (Å²) in [6, 6.07) is 7.19. The van der Waals surface area contributed by atoms with Crippen LogP contribution in [0.5, 0.6) is 0 Å². The fourth-order valence-electron chi connectivity index (χ4n) is 2.05. The molecule has 2 N–H and O–H groups in total. The van der Waals surface area contributed by atoms with Gasteiger partial charge in [0.05, 0.1) is 13.2 Å². The molecule has 1 saturated heterocycles. The van der Waals surface area contributed by atoms with Crippen LogP contribution in [0.3, 0.4) is 0 Å². The zero-order valence-corrected chi connectivity index (χ0v) is 10.1. The van der Waals surface area contributed by atoms with Crippen LogP contribution in [0.25, 0.3) is 0 Å². The van der Waals surface area contributed by atoms with E-state index in [-0.39, 0.29) is 5.91 Å². The van der Waals surface area contributed by atoms with Gasteiger partial charge in [0.1, 0.15) is 6.04 Å². The van der Waals surface area contributed by atoms with Gasteiger partial charge in [-0.05, 0) is 18.1 Å². The Morgan fingerprint density at radius 2 is 2.00 bits per heavy atom. The van der Waals surface area contributed by atoms with Gasteiger partial charge in [0.25, 0.3) is 0 Å². The van der Waals surface area contributed by atoms with E-state index in [1.165, 1.54) is 0 Å². The minimum atomic E-state index is -0.561. The lowest BCUT2D eigenvalue weighted by Crippen LogP contribution is -2.45. The lowest BCUT2D eigenvalue weighted by Gasteiger charge is -2.29. The zero-order valence-electron chi connectivity index (χ0n) is 10.1. The molecule has 2 rings (SSSR count). The second-order valence-corrected chi connectivity index (χ2v) is 4.27. The first-order valence-corrected chi connectivity index (χ1v) is 5.88. The molecule has 1 unspecified atom stereocenters. The van der Waals surface area contributed by atoms with Crippen molar-refractivity contribution in [2.45, 2.75) is 13.0 Å². The average Bonchev–Trinajstić information content (AvgIpc) is 2.39. The molecule has 17 heavy (non-hydrogen) atoms. The van der Waals surface area contributed by atoms with Gasteiger partial charge in [0, 0.05) is 13.1 Å². The maximum absolute atomic E-state index is 12.2. The molecule has 1 aromatic rings. The molecule has 0 aliphatic carbocycles. The van der Waals surface area contributed by atoms with Crippen molar-refractivity contribution in [1.82, 2.24) is 4.90 Å². The number of benzene rings is 1. The Hall–Kier alpha value is -1.39. The number of hydrogen-bond donors (Lipinski definition) is 1. The molecular weight excluding hydrogens is 216 g/mol. The summed E-state index contributed by atoms with van der Waals surface area (Å²) < 4.78 is 5.22. The van der Waals surface area contributed by atoms with E-state index in [0.717, 1.165) is 11.1 Å². The molecule has 0 bridgehead atoms. The number of hydrogen-bond acceptors (Lipinski definition) is 3. The van der Waals surface area contributed by atoms with Gasteiger partial charge < -0.3 is 15.4 Å². The van der Waals surface area contributed by atoms with Crippen molar-refractivity contribution >= 4 is 5.91 Å². The summed E-state index contributed by atoms with van der Waals surface area (Å²) in [5, 5.41) is 0. The molecule has 1 aromatic carbocycles. The molecule has 4 heteroatoms. The smallest absolute Gasteiger partial charge is 0.244 e. The second-order valence-electron chi connectivity index (χ2n) is 4.27. The Labute approximate surface area is 101 Å². The highest BCUT2D eigenvalue weighted by molar-refractivity contribution is 5.83. The molecule has 1 amide bonds. The molecule has 0 radical (unpaired) electrons. The molecule has 1 heterocycles. The van der Waals surface area contributed by atoms with Gasteiger partial charge in [0.2, 0.25) is 5.91 Å². The minimum Gasteiger partial charge on any atom is -0.378 e. The summed E-state index contributed by atoms with van der Waals surface area (Å²) in [6.45, 7) is 4.46. The third-order valence-corrected chi connectivity index (χ3v) is 3.11. The Morgan fingerprint density at radius 3 is 2.65 bits per heavy atom. The maximum Gasteiger partial charge on any atom is 0.244 e. The highest BCUT2D eigenvalue weighted by Crippen LogP contribution is 2.17. The predicted molar refractivity (Wildman–Crippen MR) is 65.5 cm³/mol. The fraction of sp³-hybridized carbons (Fsp3) is 0.462. The van der Waals surface area contributed by atoms with Crippen LogP contribution in [-0.4, -0.2) is 37.1 Å². The standard InChI is InChI=1S/C13H18N2O2/c1-10-4-2-3-5-11(10)12(14)13(16)15-6-8-17-9-7-15/h2-5,12H,6-9,14H2,1H3. The summed E-state index contributed by atoms with van der Waals surface area (Å²) in [4.78, 5) is 14.0. The van der Waals surface area contributed by atoms with Crippen LogP contribution in [0.15, 0.2) is 24.3 Å². The van der Waals surface area contributed by atoms with Crippen LogP contribution in [0.2, 0.25) is 0 Å². The number of ether oxygens (including phenoxy) is 1. The largest absolute Gasteiger partial charge is 0.378 e. The van der Waals surface area contributed by atoms with Crippen molar-refractivity contribution in [2.75, 3.05) is 26.3 Å². The van der Waals surface area contributed by atoms with Crippen LogP contribution >= 0.6 is 0 Å². The van der Waals surface area contributed by atoms with Crippen LogP contribution in [0, 0.1) is 6.92 Å². The van der Waals surface area contributed by atoms with Crippen molar-refractivity contribution in [1.29, 1.82) is 0 Å². The molecule has 0 spiro atoms. The summed E-state index contributed by atoms with van der Waals surface area (Å²) in [5.41, 5.74) is 8.00. The van der Waals surface area contributed by atoms with Crippen molar-refractivity contribution in [3.8, 4) is 0 Å². The van der Waals surface area contributed by atoms with Crippen LogP contribution in [0.1, 0.15) is 17.2 Å². The molecular formula is C13H18N2O2. The monoisotopic (exact) mass is 234 g/mol. The molecule has 1 atom stereocenters. The maximum atomic E-state index is 12.2. The first-order valence-electron chi connectivity index (χ1n) is 5.88. The summed E-state index contributed by atoms with van der Waals surface area (Å²) in [6.07, 6.45) is 0. The van der Waals surface area contributed by atoms with Crippen molar-refractivity contribution in [2.24, 2.45) is 5.73 Å². The molecule has 0 aromatic heterocycles. The van der Waals surface area contributed by atoms with Gasteiger partial charge >= 0.3 is 0 Å². The quantitative estimate of drug-likeness (QED) is 0.825. The number of carbonyl (C=O) groups excluding carboxylic acids is 1. The van der Waals surface area contributed by atoms with Gasteiger partial charge in [0.15, 0.2) is 0 Å². The average molecular weight is 234 g/mol. The number of nitrogens with zero attached hydrogens (tertiary/aromatic N) is 1. The number of aryl methyl sites for hydroxylation is 1. The fourth-order valence-corrected chi connectivity index (χ4v) is 2.05. The Kier molecular flexibility index (Phi) is 3.76. The molecule has 0 saturated carbocycles. The van der Waals surface area contributed by atoms with Crippen LogP contribution < -0.4 is 5.73 Å². The van der Waals surface area contributed by atoms with Crippen molar-refractivity contribution in [3.05, 3.63) is 35.4 Å². The third kappa shape index (κ3) is 2.65. The van der Waals surface area contributed by atoms with Gasteiger partial charge in [-0.15, -0.1) is 0 Å². The van der Waals surface area contributed by atoms with E-state index in [0.29, 0.717) is 26.3 Å². The Bertz CT molecular complexity index is 400. The number of rotatable bonds is 2. The number of amides is 1. The normalized spacial score (nSPS) is 17.9. The molecule has 4 nitrogen and oxygen atoms in total. The van der Waals surface area contributed by atoms with Crippen LogP contribution in [0.4, 0.5) is 0 Å². The Morgan fingerprint density at radius 1 is 1.35 bits per heavy atom. The van der Waals surface area contributed by atoms with Crippen LogP contribution in [-0.2, 0) is 9.53 Å². The van der Waals surface area contributed by atoms with Gasteiger partial charge in [-0.2, -0.15) is 0 Å². The second kappa shape index (κ2) is 5.29. The minimum absolute atomic E-state index is 0.0115. The predicted octanol–water partition coefficient (Wildman–Crippen LogP) is 0.854. The SMILES string of the molecule is Cc1ccccc1C(N)C(=O)N1CCOCC1. The first kappa shape index (κ1) is 12.1. The summed E-state index contributed by atoms with van der Waals surface area (Å²) in [5.74, 6) is -0.0115. The van der Waals surface area contributed by atoms with E-state index in [1.54, 1.807) is 4.90 Å². The third-order valence-electron chi connectivity index (χ3n) is 3.11. The van der Waals surface area contributed by atoms with E-state index in [4.69, 9.17) is 10.5 Å². The van der Waals surface area contributed by atoms with E-state index in [1.807, 2.05) is 31.2 Å². The van der Waals surface area contributed by atoms with Crippen molar-refractivity contribution in [3.63, 3.8) is 0 Å². The number of nitrogens with two attached hydrogens (primary N) is 1. The molecule has 92 valence electrons. The van der Waals surface area contributed by atoms with Crippen molar-refractivity contribution < 1.29 is 9.53 Å². The summed E-state index contributed by atoms with van der Waals surface area (Å²) >= 11 is 0. The molecule has 1 aliphatic rings.